The highest BCUT2D eigenvalue weighted by atomic mass is 16.5. The van der Waals surface area contributed by atoms with Crippen molar-refractivity contribution in [2.24, 2.45) is 11.7 Å². The van der Waals surface area contributed by atoms with Crippen LogP contribution in [0.4, 0.5) is 5.95 Å². The lowest BCUT2D eigenvalue weighted by atomic mass is 9.87. The largest absolute Gasteiger partial charge is 0.438 e. The second-order valence-electron chi connectivity index (χ2n) is 6.80. The fourth-order valence-corrected chi connectivity index (χ4v) is 3.30. The number of ether oxygens (including phenoxy) is 1. The zero-order chi connectivity index (χ0) is 17.8. The Kier molecular flexibility index (Phi) is 5.16. The molecule has 132 valence electrons. The number of nitrogen functional groups attached to an aromatic ring is 1. The fraction of sp³-hybridized carbons (Fsp3) is 0.421. The van der Waals surface area contributed by atoms with Crippen molar-refractivity contribution < 1.29 is 4.74 Å². The van der Waals surface area contributed by atoms with E-state index in [0.717, 1.165) is 24.5 Å². The van der Waals surface area contributed by atoms with Crippen LogP contribution in [-0.2, 0) is 0 Å². The molecule has 4 N–H and O–H groups in total. The molecule has 0 radical (unpaired) electrons. The lowest BCUT2D eigenvalue weighted by Gasteiger charge is -2.27. The number of amidine groups is 1. The molecule has 25 heavy (non-hydrogen) atoms. The molecule has 0 bridgehead atoms. The summed E-state index contributed by atoms with van der Waals surface area (Å²) in [5.74, 6) is 2.26. The third kappa shape index (κ3) is 4.47. The molecular weight excluding hydrogens is 314 g/mol. The standard InChI is InChI=1S/C19H25N5O/c1-12-6-5-7-14(10-12)23-19-22-13(2)11-17(24-19)25-16-9-4-3-8-15(16)18(20)21/h3-4,8-9,11-12,14H,5-7,10H2,1-2H3,(H3,20,21)(H,22,23,24). The Balaban J connectivity index is 1.79. The van der Waals surface area contributed by atoms with Crippen LogP contribution < -0.4 is 15.8 Å². The molecule has 2 aromatic rings. The number of aryl methyl sites for hydroxylation is 1. The minimum absolute atomic E-state index is 0.0316. The molecule has 1 aliphatic carbocycles. The molecule has 1 aromatic heterocycles. The quantitative estimate of drug-likeness (QED) is 0.568. The first kappa shape index (κ1) is 17.2. The maximum absolute atomic E-state index is 7.67. The Morgan fingerprint density at radius 2 is 2.08 bits per heavy atom. The van der Waals surface area contributed by atoms with Crippen LogP contribution in [0.1, 0.15) is 43.9 Å². The van der Waals surface area contributed by atoms with Gasteiger partial charge in [0.05, 0.1) is 5.56 Å². The maximum atomic E-state index is 7.67. The Hall–Kier alpha value is -2.63. The highest BCUT2D eigenvalue weighted by Crippen LogP contribution is 2.27. The van der Waals surface area contributed by atoms with Crippen LogP contribution in [0.5, 0.6) is 11.6 Å². The summed E-state index contributed by atoms with van der Waals surface area (Å²) in [4.78, 5) is 8.98. The predicted octanol–water partition coefficient (Wildman–Crippen LogP) is 3.85. The highest BCUT2D eigenvalue weighted by molar-refractivity contribution is 5.97. The topological polar surface area (TPSA) is 96.9 Å². The van der Waals surface area contributed by atoms with Gasteiger partial charge in [-0.15, -0.1) is 0 Å². The van der Waals surface area contributed by atoms with Crippen LogP contribution in [0.2, 0.25) is 0 Å². The number of benzene rings is 1. The van der Waals surface area contributed by atoms with E-state index in [-0.39, 0.29) is 5.84 Å². The Bertz CT molecular complexity index is 761. The fourth-order valence-electron chi connectivity index (χ4n) is 3.30. The average Bonchev–Trinajstić information content (AvgIpc) is 2.54. The van der Waals surface area contributed by atoms with Crippen LogP contribution >= 0.6 is 0 Å². The summed E-state index contributed by atoms with van der Waals surface area (Å²) in [6.45, 7) is 4.21. The van der Waals surface area contributed by atoms with Crippen molar-refractivity contribution in [3.63, 3.8) is 0 Å². The smallest absolute Gasteiger partial charge is 0.226 e. The first-order valence-electron chi connectivity index (χ1n) is 8.75. The summed E-state index contributed by atoms with van der Waals surface area (Å²) in [7, 11) is 0. The van der Waals surface area contributed by atoms with E-state index in [1.54, 1.807) is 18.2 Å². The minimum atomic E-state index is -0.0316. The van der Waals surface area contributed by atoms with Crippen LogP contribution in [-0.4, -0.2) is 21.8 Å². The number of anilines is 1. The summed E-state index contributed by atoms with van der Waals surface area (Å²) in [6.07, 6.45) is 4.81. The molecule has 1 saturated carbocycles. The van der Waals surface area contributed by atoms with Crippen molar-refractivity contribution in [2.45, 2.75) is 45.6 Å². The maximum Gasteiger partial charge on any atom is 0.226 e. The number of hydrogen-bond acceptors (Lipinski definition) is 5. The number of nitrogens with zero attached hydrogens (tertiary/aromatic N) is 2. The van der Waals surface area contributed by atoms with Gasteiger partial charge in [0.15, 0.2) is 0 Å². The summed E-state index contributed by atoms with van der Waals surface area (Å²) in [5.41, 5.74) is 7.00. The van der Waals surface area contributed by atoms with Gasteiger partial charge in [-0.3, -0.25) is 5.41 Å². The van der Waals surface area contributed by atoms with Crippen LogP contribution in [0.15, 0.2) is 30.3 Å². The average molecular weight is 339 g/mol. The normalized spacial score (nSPS) is 20.1. The zero-order valence-corrected chi connectivity index (χ0v) is 14.7. The first-order valence-corrected chi connectivity index (χ1v) is 8.75. The molecule has 1 aromatic carbocycles. The SMILES string of the molecule is Cc1cc(Oc2ccccc2C(=N)N)nc(NC2CCCC(C)C2)n1. The van der Waals surface area contributed by atoms with Crippen molar-refractivity contribution in [3.8, 4) is 11.6 Å². The van der Waals surface area contributed by atoms with Crippen molar-refractivity contribution in [2.75, 3.05) is 5.32 Å². The first-order chi connectivity index (χ1) is 12.0. The molecule has 1 aliphatic rings. The Morgan fingerprint density at radius 1 is 1.28 bits per heavy atom. The van der Waals surface area contributed by atoms with Crippen molar-refractivity contribution in [3.05, 3.63) is 41.6 Å². The van der Waals surface area contributed by atoms with E-state index in [0.29, 0.717) is 29.2 Å². The number of aromatic nitrogens is 2. The van der Waals surface area contributed by atoms with Gasteiger partial charge in [-0.2, -0.15) is 4.98 Å². The molecule has 0 amide bonds. The molecule has 0 spiro atoms. The third-order valence-electron chi connectivity index (χ3n) is 4.49. The van der Waals surface area contributed by atoms with Gasteiger partial charge in [-0.25, -0.2) is 4.98 Å². The second-order valence-corrected chi connectivity index (χ2v) is 6.80. The number of nitrogens with one attached hydrogen (secondary N) is 2. The lowest BCUT2D eigenvalue weighted by molar-refractivity contribution is 0.357. The Labute approximate surface area is 148 Å². The predicted molar refractivity (Wildman–Crippen MR) is 99.3 cm³/mol. The van der Waals surface area contributed by atoms with E-state index in [4.69, 9.17) is 15.9 Å². The van der Waals surface area contributed by atoms with E-state index >= 15 is 0 Å². The van der Waals surface area contributed by atoms with Gasteiger partial charge >= 0.3 is 0 Å². The third-order valence-corrected chi connectivity index (χ3v) is 4.49. The molecule has 6 heteroatoms. The number of nitrogens with two attached hydrogens (primary N) is 1. The van der Waals surface area contributed by atoms with Gasteiger partial charge in [-0.05, 0) is 37.8 Å². The van der Waals surface area contributed by atoms with Gasteiger partial charge in [0.1, 0.15) is 11.6 Å². The van der Waals surface area contributed by atoms with E-state index < -0.39 is 0 Å². The molecule has 3 rings (SSSR count). The van der Waals surface area contributed by atoms with E-state index in [9.17, 15) is 0 Å². The minimum Gasteiger partial charge on any atom is -0.438 e. The second kappa shape index (κ2) is 7.51. The van der Waals surface area contributed by atoms with Crippen molar-refractivity contribution in [1.82, 2.24) is 9.97 Å². The molecule has 0 aliphatic heterocycles. The summed E-state index contributed by atoms with van der Waals surface area (Å²) in [6, 6.07) is 9.40. The molecule has 2 atom stereocenters. The van der Waals surface area contributed by atoms with Gasteiger partial charge in [0.2, 0.25) is 11.8 Å². The Morgan fingerprint density at radius 3 is 2.84 bits per heavy atom. The molecule has 0 saturated heterocycles. The monoisotopic (exact) mass is 339 g/mol. The van der Waals surface area contributed by atoms with E-state index in [1.807, 2.05) is 19.1 Å². The van der Waals surface area contributed by atoms with Gasteiger partial charge in [-0.1, -0.05) is 31.9 Å². The zero-order valence-electron chi connectivity index (χ0n) is 14.7. The summed E-state index contributed by atoms with van der Waals surface area (Å²) < 4.78 is 5.89. The molecule has 1 heterocycles. The summed E-state index contributed by atoms with van der Waals surface area (Å²) in [5, 5.41) is 11.1. The molecule has 2 unspecified atom stereocenters. The number of rotatable bonds is 5. The summed E-state index contributed by atoms with van der Waals surface area (Å²) >= 11 is 0. The van der Waals surface area contributed by atoms with Crippen molar-refractivity contribution in [1.29, 1.82) is 5.41 Å². The van der Waals surface area contributed by atoms with Gasteiger partial charge in [0, 0.05) is 17.8 Å². The lowest BCUT2D eigenvalue weighted by Crippen LogP contribution is -2.27. The van der Waals surface area contributed by atoms with Crippen LogP contribution in [0, 0.1) is 18.3 Å². The highest BCUT2D eigenvalue weighted by Gasteiger charge is 2.20. The molecule has 1 fully saturated rings. The van der Waals surface area contributed by atoms with Crippen molar-refractivity contribution >= 4 is 11.8 Å². The van der Waals surface area contributed by atoms with Gasteiger partial charge in [0.25, 0.3) is 0 Å². The number of para-hydroxylation sites is 1. The van der Waals surface area contributed by atoms with E-state index in [2.05, 4.69) is 22.2 Å². The molecule has 6 nitrogen and oxygen atoms in total. The van der Waals surface area contributed by atoms with Crippen LogP contribution in [0.25, 0.3) is 0 Å². The van der Waals surface area contributed by atoms with E-state index in [1.165, 1.54) is 12.8 Å². The molecular formula is C19H25N5O. The van der Waals surface area contributed by atoms with Crippen LogP contribution in [0.3, 0.4) is 0 Å². The number of hydrogen-bond donors (Lipinski definition) is 3. The van der Waals surface area contributed by atoms with Gasteiger partial charge < -0.3 is 15.8 Å².